The van der Waals surface area contributed by atoms with E-state index >= 15 is 0 Å². The van der Waals surface area contributed by atoms with Crippen molar-refractivity contribution in [3.63, 3.8) is 0 Å². The molecule has 0 atom stereocenters. The zero-order chi connectivity index (χ0) is 14.1. The summed E-state index contributed by atoms with van der Waals surface area (Å²) in [5.74, 6) is -0.389. The number of esters is 1. The Kier molecular flexibility index (Phi) is 34.2. The molecule has 0 aliphatic heterocycles. The first-order valence-electron chi connectivity index (χ1n) is 4.25. The summed E-state index contributed by atoms with van der Waals surface area (Å²) in [6, 6.07) is 0. The Morgan fingerprint density at radius 1 is 1.28 bits per heavy atom. The van der Waals surface area contributed by atoms with Crippen LogP contribution in [0.25, 0.3) is 0 Å². The fourth-order valence-corrected chi connectivity index (χ4v) is 0.757. The number of carbonyl (C=O) groups is 4. The summed E-state index contributed by atoms with van der Waals surface area (Å²) in [5, 5.41) is 0. The van der Waals surface area contributed by atoms with Crippen molar-refractivity contribution in [2.24, 2.45) is 0 Å². The van der Waals surface area contributed by atoms with Gasteiger partial charge in [0.05, 0.1) is 6.61 Å². The number of hydrogen-bond acceptors (Lipinski definition) is 5. The topological polar surface area (TPSA) is 77.5 Å². The van der Waals surface area contributed by atoms with Crippen LogP contribution in [0.2, 0.25) is 0 Å². The predicted octanol–water partition coefficient (Wildman–Crippen LogP) is 0.848. The molecule has 0 aromatic rings. The van der Waals surface area contributed by atoms with Gasteiger partial charge in [-0.2, -0.15) is 11.6 Å². The van der Waals surface area contributed by atoms with E-state index in [9.17, 15) is 4.79 Å². The zero-order valence-corrected chi connectivity index (χ0v) is 11.1. The molecular formula is C12H15MnO5-. The Hall–Kier alpha value is -1.78. The minimum absolute atomic E-state index is 0. The van der Waals surface area contributed by atoms with Crippen molar-refractivity contribution in [1.82, 2.24) is 0 Å². The van der Waals surface area contributed by atoms with Crippen LogP contribution in [0.3, 0.4) is 0 Å². The summed E-state index contributed by atoms with van der Waals surface area (Å²) in [4.78, 5) is 34.6. The van der Waals surface area contributed by atoms with E-state index < -0.39 is 0 Å². The monoisotopic (exact) mass is 294 g/mol. The summed E-state index contributed by atoms with van der Waals surface area (Å²) in [6.45, 7) is 9.59. The smallest absolute Gasteiger partial charge is 0.330 e. The van der Waals surface area contributed by atoms with Gasteiger partial charge in [0.15, 0.2) is 0 Å². The molecule has 0 N–H and O–H groups in total. The summed E-state index contributed by atoms with van der Waals surface area (Å²) < 4.78 is 4.77. The molecule has 6 heteroatoms. The number of rotatable bonds is 3. The summed E-state index contributed by atoms with van der Waals surface area (Å²) in [6.07, 6.45) is 8.87. The zero-order valence-electron chi connectivity index (χ0n) is 9.89. The van der Waals surface area contributed by atoms with E-state index in [2.05, 4.69) is 12.7 Å². The SMILES string of the molecule is C=CC(=O)OCC1=[C-]CC=C1.C=O.C=O.C=O.[Mn]. The first-order chi connectivity index (χ1) is 8.33. The van der Waals surface area contributed by atoms with Crippen molar-refractivity contribution in [1.29, 1.82) is 0 Å². The van der Waals surface area contributed by atoms with E-state index in [0.29, 0.717) is 6.61 Å². The van der Waals surface area contributed by atoms with Gasteiger partial charge in [-0.15, -0.1) is 6.42 Å². The van der Waals surface area contributed by atoms with Crippen molar-refractivity contribution >= 4 is 26.3 Å². The maximum atomic E-state index is 10.6. The van der Waals surface area contributed by atoms with Gasteiger partial charge in [0, 0.05) is 23.1 Å². The van der Waals surface area contributed by atoms with Crippen molar-refractivity contribution in [2.45, 2.75) is 6.42 Å². The third kappa shape index (κ3) is 16.6. The Morgan fingerprint density at radius 2 is 1.78 bits per heavy atom. The van der Waals surface area contributed by atoms with Gasteiger partial charge in [0.2, 0.25) is 0 Å². The van der Waals surface area contributed by atoms with E-state index in [1.54, 1.807) is 0 Å². The number of hydrogen-bond donors (Lipinski definition) is 0. The Balaban J connectivity index is -0.000000123. The molecular weight excluding hydrogens is 279 g/mol. The van der Waals surface area contributed by atoms with Crippen molar-refractivity contribution in [3.8, 4) is 0 Å². The molecule has 0 heterocycles. The third-order valence-electron chi connectivity index (χ3n) is 1.30. The largest absolute Gasteiger partial charge is 0.461 e. The van der Waals surface area contributed by atoms with Crippen LogP contribution < -0.4 is 0 Å². The van der Waals surface area contributed by atoms with Gasteiger partial charge in [-0.25, -0.2) is 10.9 Å². The van der Waals surface area contributed by atoms with Crippen molar-refractivity contribution < 1.29 is 41.0 Å². The molecule has 0 bridgehead atoms. The van der Waals surface area contributed by atoms with Crippen LogP contribution in [-0.4, -0.2) is 32.9 Å². The van der Waals surface area contributed by atoms with Gasteiger partial charge in [0.1, 0.15) is 20.4 Å². The normalized spacial score (nSPS) is 9.44. The molecule has 1 radical (unpaired) electrons. The van der Waals surface area contributed by atoms with E-state index in [4.69, 9.17) is 19.1 Å². The Bertz CT molecular complexity index is 269. The Labute approximate surface area is 117 Å². The molecule has 0 saturated carbocycles. The molecule has 1 aliphatic rings. The molecule has 0 unspecified atom stereocenters. The number of carbonyl (C=O) groups excluding carboxylic acids is 4. The molecule has 1 rings (SSSR count). The second kappa shape index (κ2) is 24.4. The predicted molar refractivity (Wildman–Crippen MR) is 63.0 cm³/mol. The standard InChI is InChI=1S/C9H9O2.3CH2O.Mn/c1-2-9(10)11-7-8-5-3-4-6-8;3*1-2;/h2-3,5H,1,4,7H2;3*1H2;/q-1;;;;. The third-order valence-corrected chi connectivity index (χ3v) is 1.30. The van der Waals surface area contributed by atoms with E-state index in [1.807, 2.05) is 32.5 Å². The van der Waals surface area contributed by atoms with Gasteiger partial charge in [-0.3, -0.25) is 6.08 Å². The van der Waals surface area contributed by atoms with E-state index in [-0.39, 0.29) is 23.0 Å². The minimum Gasteiger partial charge on any atom is -0.461 e. The van der Waals surface area contributed by atoms with E-state index in [1.165, 1.54) is 0 Å². The second-order valence-electron chi connectivity index (χ2n) is 2.12. The fraction of sp³-hybridized carbons (Fsp3) is 0.167. The maximum absolute atomic E-state index is 10.6. The summed E-state index contributed by atoms with van der Waals surface area (Å²) in [7, 11) is 0. The molecule has 0 amide bonds. The average Bonchev–Trinajstić information content (AvgIpc) is 2.96. The van der Waals surface area contributed by atoms with Crippen LogP contribution in [0.15, 0.2) is 30.4 Å². The van der Waals surface area contributed by atoms with Gasteiger partial charge in [0.25, 0.3) is 0 Å². The molecule has 0 aromatic carbocycles. The van der Waals surface area contributed by atoms with Crippen LogP contribution in [0, 0.1) is 6.08 Å². The fourth-order valence-electron chi connectivity index (χ4n) is 0.757. The van der Waals surface area contributed by atoms with Crippen molar-refractivity contribution in [3.05, 3.63) is 36.5 Å². The molecule has 0 fully saturated rings. The molecule has 18 heavy (non-hydrogen) atoms. The number of allylic oxidation sites excluding steroid dienone is 2. The molecule has 101 valence electrons. The average molecular weight is 294 g/mol. The maximum Gasteiger partial charge on any atom is 0.330 e. The second-order valence-corrected chi connectivity index (χ2v) is 2.12. The Morgan fingerprint density at radius 3 is 2.11 bits per heavy atom. The van der Waals surface area contributed by atoms with E-state index in [0.717, 1.165) is 18.1 Å². The molecule has 0 saturated heterocycles. The molecule has 0 aromatic heterocycles. The minimum atomic E-state index is -0.389. The van der Waals surface area contributed by atoms with Gasteiger partial charge < -0.3 is 19.1 Å². The van der Waals surface area contributed by atoms with Crippen LogP contribution >= 0.6 is 0 Å². The molecule has 5 nitrogen and oxygen atoms in total. The number of ether oxygens (including phenoxy) is 1. The van der Waals surface area contributed by atoms with Gasteiger partial charge in [-0.05, 0) is 0 Å². The quantitative estimate of drug-likeness (QED) is 0.334. The summed E-state index contributed by atoms with van der Waals surface area (Å²) >= 11 is 0. The van der Waals surface area contributed by atoms with Crippen molar-refractivity contribution in [2.75, 3.05) is 6.61 Å². The van der Waals surface area contributed by atoms with Crippen LogP contribution in [0.4, 0.5) is 0 Å². The summed E-state index contributed by atoms with van der Waals surface area (Å²) in [5.41, 5.74) is 0.931. The first kappa shape index (κ1) is 25.2. The molecule has 0 spiro atoms. The van der Waals surface area contributed by atoms with Gasteiger partial charge in [-0.1, -0.05) is 6.58 Å². The van der Waals surface area contributed by atoms with Crippen LogP contribution in [0.1, 0.15) is 6.42 Å². The molecule has 1 aliphatic carbocycles. The van der Waals surface area contributed by atoms with Crippen LogP contribution in [-0.2, 0) is 41.0 Å². The van der Waals surface area contributed by atoms with Crippen LogP contribution in [0.5, 0.6) is 0 Å². The first-order valence-corrected chi connectivity index (χ1v) is 4.25. The van der Waals surface area contributed by atoms with Gasteiger partial charge >= 0.3 is 5.97 Å².